The van der Waals surface area contributed by atoms with Gasteiger partial charge in [-0.2, -0.15) is 0 Å². The summed E-state index contributed by atoms with van der Waals surface area (Å²) in [5.41, 5.74) is 0. The minimum absolute atomic E-state index is 0. The molecule has 0 amide bonds. The second-order valence-corrected chi connectivity index (χ2v) is 1.72. The molecule has 0 aliphatic heterocycles. The van der Waals surface area contributed by atoms with Crippen molar-refractivity contribution in [1.82, 2.24) is 0 Å². The topological polar surface area (TPSA) is 87.0 Å². The summed E-state index contributed by atoms with van der Waals surface area (Å²) < 4.78 is 11.8. The molecule has 44 valence electrons. The van der Waals surface area contributed by atoms with Crippen molar-refractivity contribution < 1.29 is 81.5 Å². The molecule has 0 saturated carbocycles. The number of hydrogen-bond donors (Lipinski definition) is 3. The Balaban J connectivity index is -0.0000000417. The van der Waals surface area contributed by atoms with E-state index in [9.17, 15) is 4.57 Å². The standard InChI is InChI=1S/Na.H3O5P.Zr.H/c;1-5-6(2,3)4;;/h;1H,(H2,2,3,4);;/q+1;;;-1. The van der Waals surface area contributed by atoms with Crippen LogP contribution in [0.2, 0.25) is 0 Å². The predicted octanol–water partition coefficient (Wildman–Crippen LogP) is -3.32. The van der Waals surface area contributed by atoms with Crippen LogP contribution in [-0.2, 0) is 35.4 Å². The van der Waals surface area contributed by atoms with E-state index >= 15 is 0 Å². The fourth-order valence-electron chi connectivity index (χ4n) is 0. The van der Waals surface area contributed by atoms with Crippen molar-refractivity contribution in [2.45, 2.75) is 0 Å². The molecule has 0 fully saturated rings. The van der Waals surface area contributed by atoms with Crippen LogP contribution in [-0.4, -0.2) is 15.0 Å². The largest absolute Gasteiger partial charge is 1.00 e. The molecule has 0 rings (SSSR count). The smallest absolute Gasteiger partial charge is 1.00 e. The van der Waals surface area contributed by atoms with E-state index in [1.807, 2.05) is 0 Å². The molecule has 0 saturated heterocycles. The molecule has 0 spiro atoms. The zero-order valence-electron chi connectivity index (χ0n) is 5.11. The maximum Gasteiger partial charge on any atom is 1.00 e. The van der Waals surface area contributed by atoms with E-state index in [0.717, 1.165) is 0 Å². The first-order valence-corrected chi connectivity index (χ1v) is 2.48. The molecule has 0 unspecified atom stereocenters. The molecule has 0 radical (unpaired) electrons. The van der Waals surface area contributed by atoms with Crippen LogP contribution in [0, 0.1) is 0 Å². The average Bonchev–Trinajstić information content (AvgIpc) is 1.35. The van der Waals surface area contributed by atoms with Crippen LogP contribution in [0.15, 0.2) is 0 Å². The van der Waals surface area contributed by atoms with Crippen LogP contribution in [0.25, 0.3) is 0 Å². The minimum Gasteiger partial charge on any atom is -1.00 e. The SMILES string of the molecule is O=P(O)(O)OO.[H-].[Na+].[Zr]. The maximum atomic E-state index is 9.22. The third kappa shape index (κ3) is 15.7. The Morgan fingerprint density at radius 1 is 1.50 bits per heavy atom. The van der Waals surface area contributed by atoms with E-state index in [0.29, 0.717) is 0 Å². The van der Waals surface area contributed by atoms with Gasteiger partial charge in [0.25, 0.3) is 0 Å². The minimum atomic E-state index is -4.59. The van der Waals surface area contributed by atoms with Gasteiger partial charge < -0.3 is 11.2 Å². The molecular formula is H4NaO5PZr. The monoisotopic (exact) mass is 228 g/mol. The van der Waals surface area contributed by atoms with Gasteiger partial charge >= 0.3 is 37.4 Å². The molecule has 0 aliphatic rings. The van der Waals surface area contributed by atoms with E-state index in [-0.39, 0.29) is 57.2 Å². The maximum absolute atomic E-state index is 9.22. The summed E-state index contributed by atoms with van der Waals surface area (Å²) in [5.74, 6) is 0. The number of phosphoric acid groups is 1. The van der Waals surface area contributed by atoms with E-state index < -0.39 is 7.82 Å². The van der Waals surface area contributed by atoms with Crippen molar-refractivity contribution in [1.29, 1.82) is 0 Å². The first-order valence-electron chi connectivity index (χ1n) is 0.948. The van der Waals surface area contributed by atoms with E-state index in [4.69, 9.17) is 15.0 Å². The van der Waals surface area contributed by atoms with Gasteiger partial charge in [0.05, 0.1) is 0 Å². The molecule has 0 bridgehead atoms. The molecule has 0 aliphatic carbocycles. The van der Waals surface area contributed by atoms with E-state index in [1.165, 1.54) is 0 Å². The molecule has 5 nitrogen and oxygen atoms in total. The Labute approximate surface area is 88.5 Å². The van der Waals surface area contributed by atoms with Gasteiger partial charge in [-0.3, -0.25) is 0 Å². The third-order valence-corrected chi connectivity index (χ3v) is 0.319. The Kier molecular flexibility index (Phi) is 14.6. The summed E-state index contributed by atoms with van der Waals surface area (Å²) in [7, 11) is -4.59. The Morgan fingerprint density at radius 2 is 1.62 bits per heavy atom. The van der Waals surface area contributed by atoms with Crippen LogP contribution < -0.4 is 29.6 Å². The summed E-state index contributed by atoms with van der Waals surface area (Å²) in [4.78, 5) is 14.9. The van der Waals surface area contributed by atoms with Crippen LogP contribution >= 0.6 is 7.82 Å². The van der Waals surface area contributed by atoms with Gasteiger partial charge in [-0.25, -0.2) is 9.82 Å². The Bertz CT molecular complexity index is 81.0. The van der Waals surface area contributed by atoms with Gasteiger partial charge in [0.2, 0.25) is 0 Å². The summed E-state index contributed by atoms with van der Waals surface area (Å²) >= 11 is 0. The molecule has 0 aromatic rings. The zero-order valence-corrected chi connectivity index (χ0v) is 9.46. The molecule has 0 aromatic heterocycles. The quantitative estimate of drug-likeness (QED) is 0.190. The number of hydrogen-bond acceptors (Lipinski definition) is 3. The second kappa shape index (κ2) is 7.06. The van der Waals surface area contributed by atoms with Gasteiger partial charge in [-0.05, 0) is 0 Å². The van der Waals surface area contributed by atoms with E-state index in [2.05, 4.69) is 4.67 Å². The van der Waals surface area contributed by atoms with E-state index in [1.54, 1.807) is 0 Å². The van der Waals surface area contributed by atoms with Crippen molar-refractivity contribution in [3.05, 3.63) is 0 Å². The van der Waals surface area contributed by atoms with Crippen molar-refractivity contribution in [2.24, 2.45) is 0 Å². The normalized spacial score (nSPS) is 8.88. The van der Waals surface area contributed by atoms with Crippen LogP contribution in [0.3, 0.4) is 0 Å². The van der Waals surface area contributed by atoms with Gasteiger partial charge in [0.15, 0.2) is 0 Å². The van der Waals surface area contributed by atoms with Gasteiger partial charge in [-0.15, -0.1) is 4.67 Å². The summed E-state index contributed by atoms with van der Waals surface area (Å²) in [6.45, 7) is 0. The van der Waals surface area contributed by atoms with Crippen molar-refractivity contribution in [2.75, 3.05) is 0 Å². The molecule has 3 N–H and O–H groups in total. The van der Waals surface area contributed by atoms with Crippen LogP contribution in [0.5, 0.6) is 0 Å². The summed E-state index contributed by atoms with van der Waals surface area (Å²) in [5, 5.41) is 7.14. The average molecular weight is 229 g/mol. The van der Waals surface area contributed by atoms with Crippen molar-refractivity contribution in [3.8, 4) is 0 Å². The first-order chi connectivity index (χ1) is 2.56. The fourth-order valence-corrected chi connectivity index (χ4v) is 0. The Hall–Kier alpha value is 1.95. The van der Waals surface area contributed by atoms with Crippen LogP contribution in [0.4, 0.5) is 0 Å². The van der Waals surface area contributed by atoms with Crippen molar-refractivity contribution >= 4 is 7.82 Å². The zero-order chi connectivity index (χ0) is 5.21. The second-order valence-electron chi connectivity index (χ2n) is 0.572. The molecule has 0 aromatic carbocycles. The molecule has 8 heteroatoms. The van der Waals surface area contributed by atoms with Gasteiger partial charge in [0.1, 0.15) is 0 Å². The summed E-state index contributed by atoms with van der Waals surface area (Å²) in [6, 6.07) is 0. The third-order valence-electron chi connectivity index (χ3n) is 0.106. The van der Waals surface area contributed by atoms with Gasteiger partial charge in [0, 0.05) is 26.2 Å². The molecule has 8 heavy (non-hydrogen) atoms. The first kappa shape index (κ1) is 16.5. The molecular weight excluding hydrogens is 225 g/mol. The van der Waals surface area contributed by atoms with Crippen molar-refractivity contribution in [3.63, 3.8) is 0 Å². The molecule has 0 heterocycles. The fraction of sp³-hybridized carbons (Fsp3) is 0. The Morgan fingerprint density at radius 3 is 1.62 bits per heavy atom. The predicted molar refractivity (Wildman–Crippen MR) is 16.9 cm³/mol. The molecule has 0 atom stereocenters. The summed E-state index contributed by atoms with van der Waals surface area (Å²) in [6.07, 6.45) is 0. The number of rotatable bonds is 1. The van der Waals surface area contributed by atoms with Gasteiger partial charge in [-0.1, -0.05) is 0 Å². The van der Waals surface area contributed by atoms with Crippen LogP contribution in [0.1, 0.15) is 1.43 Å².